The van der Waals surface area contributed by atoms with Crippen LogP contribution in [-0.4, -0.2) is 21.8 Å². The minimum absolute atomic E-state index is 0.0906. The molecular formula is C11H15ClN2O2. The average Bonchev–Trinajstić information content (AvgIpc) is 2.17. The summed E-state index contributed by atoms with van der Waals surface area (Å²) in [7, 11) is 0. The van der Waals surface area contributed by atoms with Crippen LogP contribution in [0.5, 0.6) is 0 Å². The van der Waals surface area contributed by atoms with Crippen molar-refractivity contribution in [2.45, 2.75) is 31.7 Å². The molecule has 1 aromatic heterocycles. The maximum absolute atomic E-state index is 11.8. The highest BCUT2D eigenvalue weighted by Gasteiger charge is 2.27. The Morgan fingerprint density at radius 1 is 1.56 bits per heavy atom. The van der Waals surface area contributed by atoms with E-state index in [9.17, 15) is 9.59 Å². The predicted octanol–water partition coefficient (Wildman–Crippen LogP) is 1.51. The first-order valence-electron chi connectivity index (χ1n) is 4.98. The predicted molar refractivity (Wildman–Crippen MR) is 63.9 cm³/mol. The molecule has 4 nitrogen and oxygen atoms in total. The summed E-state index contributed by atoms with van der Waals surface area (Å²) in [5.74, 6) is -0.417. The van der Waals surface area contributed by atoms with Gasteiger partial charge in [-0.3, -0.25) is 9.59 Å². The molecule has 2 N–H and O–H groups in total. The van der Waals surface area contributed by atoms with Gasteiger partial charge < -0.3 is 10.3 Å². The van der Waals surface area contributed by atoms with Crippen molar-refractivity contribution in [3.63, 3.8) is 0 Å². The standard InChI is InChI=1S/C11H15ClN2O2/c1-7(12)11(2,3)14-10(16)8-6-13-5-4-9(8)15/h4-7H,1-3H3,(H,13,15)(H,14,16). The summed E-state index contributed by atoms with van der Waals surface area (Å²) >= 11 is 5.94. The number of pyridine rings is 1. The second kappa shape index (κ2) is 4.70. The molecular weight excluding hydrogens is 228 g/mol. The van der Waals surface area contributed by atoms with E-state index in [1.807, 2.05) is 0 Å². The van der Waals surface area contributed by atoms with Crippen molar-refractivity contribution in [3.8, 4) is 0 Å². The van der Waals surface area contributed by atoms with E-state index in [0.717, 1.165) is 0 Å². The van der Waals surface area contributed by atoms with Crippen molar-refractivity contribution in [1.29, 1.82) is 0 Å². The summed E-state index contributed by atoms with van der Waals surface area (Å²) < 4.78 is 0. The van der Waals surface area contributed by atoms with Crippen LogP contribution in [0.2, 0.25) is 0 Å². The maximum Gasteiger partial charge on any atom is 0.257 e. The van der Waals surface area contributed by atoms with E-state index in [4.69, 9.17) is 11.6 Å². The van der Waals surface area contributed by atoms with Crippen molar-refractivity contribution in [2.24, 2.45) is 0 Å². The second-order valence-corrected chi connectivity index (χ2v) is 4.87. The van der Waals surface area contributed by atoms with Crippen molar-refractivity contribution in [3.05, 3.63) is 34.2 Å². The van der Waals surface area contributed by atoms with Crippen LogP contribution in [0.4, 0.5) is 0 Å². The molecule has 88 valence electrons. The molecule has 0 fully saturated rings. The first kappa shape index (κ1) is 12.8. The number of aromatic nitrogens is 1. The topological polar surface area (TPSA) is 62.0 Å². The fourth-order valence-electron chi connectivity index (χ4n) is 1.05. The van der Waals surface area contributed by atoms with Gasteiger partial charge >= 0.3 is 0 Å². The van der Waals surface area contributed by atoms with Gasteiger partial charge in [0.2, 0.25) is 0 Å². The number of amides is 1. The van der Waals surface area contributed by atoms with Gasteiger partial charge in [-0.05, 0) is 20.8 Å². The molecule has 0 saturated heterocycles. The molecule has 1 heterocycles. The summed E-state index contributed by atoms with van der Waals surface area (Å²) in [5, 5.41) is 2.49. The lowest BCUT2D eigenvalue weighted by atomic mass is 10.0. The van der Waals surface area contributed by atoms with E-state index >= 15 is 0 Å². The largest absolute Gasteiger partial charge is 0.367 e. The quantitative estimate of drug-likeness (QED) is 0.790. The van der Waals surface area contributed by atoms with Crippen LogP contribution < -0.4 is 10.7 Å². The summed E-state index contributed by atoms with van der Waals surface area (Å²) in [4.78, 5) is 25.9. The number of alkyl halides is 1. The summed E-state index contributed by atoms with van der Waals surface area (Å²) in [6.07, 6.45) is 2.86. The molecule has 1 aromatic rings. The van der Waals surface area contributed by atoms with Gasteiger partial charge in [-0.2, -0.15) is 0 Å². The van der Waals surface area contributed by atoms with Gasteiger partial charge in [0.1, 0.15) is 5.56 Å². The Labute approximate surface area is 99.0 Å². The number of H-pyrrole nitrogens is 1. The minimum atomic E-state index is -0.569. The molecule has 0 aliphatic rings. The van der Waals surface area contributed by atoms with Gasteiger partial charge in [-0.1, -0.05) is 0 Å². The third-order valence-corrected chi connectivity index (χ3v) is 3.04. The molecule has 0 aliphatic carbocycles. The van der Waals surface area contributed by atoms with Crippen LogP contribution in [0.3, 0.4) is 0 Å². The number of aromatic amines is 1. The van der Waals surface area contributed by atoms with Crippen LogP contribution >= 0.6 is 11.6 Å². The Balaban J connectivity index is 2.90. The number of halogens is 1. The molecule has 5 heteroatoms. The van der Waals surface area contributed by atoms with Gasteiger partial charge in [0.25, 0.3) is 5.91 Å². The van der Waals surface area contributed by atoms with Gasteiger partial charge in [-0.15, -0.1) is 11.6 Å². The van der Waals surface area contributed by atoms with Crippen molar-refractivity contribution >= 4 is 17.5 Å². The molecule has 0 aromatic carbocycles. The van der Waals surface area contributed by atoms with Gasteiger partial charge in [0.15, 0.2) is 5.43 Å². The highest BCUT2D eigenvalue weighted by atomic mass is 35.5. The third kappa shape index (κ3) is 2.85. The molecule has 0 bridgehead atoms. The van der Waals surface area contributed by atoms with Crippen LogP contribution in [0, 0.1) is 0 Å². The van der Waals surface area contributed by atoms with Crippen LogP contribution in [0.15, 0.2) is 23.3 Å². The summed E-state index contributed by atoms with van der Waals surface area (Å²) in [5.41, 5.74) is -0.789. The minimum Gasteiger partial charge on any atom is -0.367 e. The Hall–Kier alpha value is -1.29. The van der Waals surface area contributed by atoms with Gasteiger partial charge in [-0.25, -0.2) is 0 Å². The molecule has 1 unspecified atom stereocenters. The Kier molecular flexibility index (Phi) is 3.75. The van der Waals surface area contributed by atoms with E-state index in [0.29, 0.717) is 0 Å². The lowest BCUT2D eigenvalue weighted by Gasteiger charge is -2.28. The number of hydrogen-bond acceptors (Lipinski definition) is 2. The fraction of sp³-hybridized carbons (Fsp3) is 0.455. The van der Waals surface area contributed by atoms with Crippen LogP contribution in [0.1, 0.15) is 31.1 Å². The van der Waals surface area contributed by atoms with Crippen LogP contribution in [0.25, 0.3) is 0 Å². The molecule has 1 rings (SSSR count). The number of nitrogens with one attached hydrogen (secondary N) is 2. The Morgan fingerprint density at radius 3 is 2.69 bits per heavy atom. The average molecular weight is 243 g/mol. The van der Waals surface area contributed by atoms with Crippen molar-refractivity contribution in [2.75, 3.05) is 0 Å². The second-order valence-electron chi connectivity index (χ2n) is 4.21. The monoisotopic (exact) mass is 242 g/mol. The zero-order valence-electron chi connectivity index (χ0n) is 9.50. The SMILES string of the molecule is CC(Cl)C(C)(C)NC(=O)c1c[nH]ccc1=O. The molecule has 0 aliphatic heterocycles. The Morgan fingerprint density at radius 2 is 2.19 bits per heavy atom. The zero-order valence-corrected chi connectivity index (χ0v) is 10.3. The number of carbonyl (C=O) groups is 1. The molecule has 1 atom stereocenters. The first-order valence-corrected chi connectivity index (χ1v) is 5.42. The van der Waals surface area contributed by atoms with Gasteiger partial charge in [0, 0.05) is 18.5 Å². The van der Waals surface area contributed by atoms with E-state index in [1.165, 1.54) is 18.5 Å². The summed E-state index contributed by atoms with van der Waals surface area (Å²) in [6.45, 7) is 5.40. The number of hydrogen-bond donors (Lipinski definition) is 2. The molecule has 0 saturated carbocycles. The molecule has 1 amide bonds. The molecule has 16 heavy (non-hydrogen) atoms. The lowest BCUT2D eigenvalue weighted by Crippen LogP contribution is -2.49. The normalized spacial score (nSPS) is 13.2. The highest BCUT2D eigenvalue weighted by molar-refractivity contribution is 6.21. The fourth-order valence-corrected chi connectivity index (χ4v) is 1.11. The van der Waals surface area contributed by atoms with Crippen molar-refractivity contribution < 1.29 is 4.79 Å². The Bertz CT molecular complexity index is 438. The van der Waals surface area contributed by atoms with Gasteiger partial charge in [0.05, 0.1) is 10.9 Å². The van der Waals surface area contributed by atoms with E-state index in [1.54, 1.807) is 20.8 Å². The smallest absolute Gasteiger partial charge is 0.257 e. The first-order chi connectivity index (χ1) is 7.34. The maximum atomic E-state index is 11.8. The summed E-state index contributed by atoms with van der Waals surface area (Å²) in [6, 6.07) is 1.31. The molecule has 0 spiro atoms. The number of carbonyl (C=O) groups excluding carboxylic acids is 1. The van der Waals surface area contributed by atoms with E-state index in [-0.39, 0.29) is 16.4 Å². The van der Waals surface area contributed by atoms with E-state index in [2.05, 4.69) is 10.3 Å². The highest BCUT2D eigenvalue weighted by Crippen LogP contribution is 2.14. The van der Waals surface area contributed by atoms with Crippen LogP contribution in [-0.2, 0) is 0 Å². The zero-order chi connectivity index (χ0) is 12.3. The van der Waals surface area contributed by atoms with E-state index < -0.39 is 11.4 Å². The lowest BCUT2D eigenvalue weighted by molar-refractivity contribution is 0.0911. The third-order valence-electron chi connectivity index (χ3n) is 2.50. The molecule has 0 radical (unpaired) electrons. The van der Waals surface area contributed by atoms with Crippen molar-refractivity contribution in [1.82, 2.24) is 10.3 Å². The number of rotatable bonds is 3.